The number of para-hydroxylation sites is 1. The van der Waals surface area contributed by atoms with Gasteiger partial charge in [0.1, 0.15) is 5.75 Å². The van der Waals surface area contributed by atoms with Crippen molar-refractivity contribution in [3.05, 3.63) is 72.3 Å². The van der Waals surface area contributed by atoms with Gasteiger partial charge in [0.25, 0.3) is 0 Å². The molecule has 0 unspecified atom stereocenters. The average molecular weight is 290 g/mol. The maximum Gasteiger partial charge on any atom is 0.123 e. The van der Waals surface area contributed by atoms with Gasteiger partial charge in [0, 0.05) is 28.2 Å². The van der Waals surface area contributed by atoms with Crippen molar-refractivity contribution >= 4 is 17.1 Å². The van der Waals surface area contributed by atoms with Gasteiger partial charge in [-0.1, -0.05) is 35.9 Å². The van der Waals surface area contributed by atoms with E-state index in [2.05, 4.69) is 24.4 Å². The maximum absolute atomic E-state index is 10.0. The van der Waals surface area contributed by atoms with Gasteiger partial charge in [-0.25, -0.2) is 0 Å². The zero-order valence-corrected chi connectivity index (χ0v) is 12.4. The lowest BCUT2D eigenvalue weighted by Crippen LogP contribution is -1.95. The first kappa shape index (κ1) is 14.0. The Morgan fingerprint density at radius 2 is 1.50 bits per heavy atom. The number of anilines is 3. The summed E-state index contributed by atoms with van der Waals surface area (Å²) in [5.74, 6) is 0.224. The van der Waals surface area contributed by atoms with E-state index in [0.29, 0.717) is 5.69 Å². The molecule has 110 valence electrons. The zero-order valence-electron chi connectivity index (χ0n) is 12.4. The van der Waals surface area contributed by atoms with Crippen LogP contribution in [0.3, 0.4) is 0 Å². The average Bonchev–Trinajstić information content (AvgIpc) is 2.52. The van der Waals surface area contributed by atoms with E-state index >= 15 is 0 Å². The lowest BCUT2D eigenvalue weighted by molar-refractivity contribution is 0.477. The van der Waals surface area contributed by atoms with E-state index in [4.69, 9.17) is 5.73 Å². The number of nitrogens with one attached hydrogen (secondary N) is 1. The molecule has 0 saturated heterocycles. The number of hydrogen-bond donors (Lipinski definition) is 3. The number of nitrogens with two attached hydrogens (primary N) is 1. The van der Waals surface area contributed by atoms with Gasteiger partial charge in [-0.15, -0.1) is 0 Å². The summed E-state index contributed by atoms with van der Waals surface area (Å²) in [5, 5.41) is 13.4. The molecule has 0 spiro atoms. The summed E-state index contributed by atoms with van der Waals surface area (Å²) in [7, 11) is 0. The van der Waals surface area contributed by atoms with Gasteiger partial charge in [0.2, 0.25) is 0 Å². The summed E-state index contributed by atoms with van der Waals surface area (Å²) in [6.45, 7) is 2.06. The Hall–Kier alpha value is -2.94. The fourth-order valence-electron chi connectivity index (χ4n) is 2.37. The molecular formula is C19H18N2O. The van der Waals surface area contributed by atoms with Gasteiger partial charge in [-0.05, 0) is 43.3 Å². The molecule has 0 fully saturated rings. The lowest BCUT2D eigenvalue weighted by Gasteiger charge is -2.12. The number of benzene rings is 3. The van der Waals surface area contributed by atoms with E-state index in [1.807, 2.05) is 42.5 Å². The van der Waals surface area contributed by atoms with E-state index in [9.17, 15) is 5.11 Å². The van der Waals surface area contributed by atoms with Gasteiger partial charge in [0.15, 0.2) is 0 Å². The minimum Gasteiger partial charge on any atom is -0.507 e. The molecule has 3 heteroatoms. The Bertz CT molecular complexity index is 795. The highest BCUT2D eigenvalue weighted by molar-refractivity contribution is 5.83. The molecule has 3 rings (SSSR count). The number of hydrogen-bond acceptors (Lipinski definition) is 3. The Balaban J connectivity index is 1.96. The second kappa shape index (κ2) is 5.82. The molecule has 22 heavy (non-hydrogen) atoms. The smallest absolute Gasteiger partial charge is 0.123 e. The van der Waals surface area contributed by atoms with Crippen molar-refractivity contribution in [2.75, 3.05) is 11.1 Å². The second-order valence-electron chi connectivity index (χ2n) is 5.31. The normalized spacial score (nSPS) is 10.4. The lowest BCUT2D eigenvalue weighted by atomic mass is 10.0. The van der Waals surface area contributed by atoms with Crippen molar-refractivity contribution in [2.24, 2.45) is 0 Å². The van der Waals surface area contributed by atoms with Gasteiger partial charge >= 0.3 is 0 Å². The molecule has 0 aliphatic carbocycles. The van der Waals surface area contributed by atoms with Crippen molar-refractivity contribution < 1.29 is 5.11 Å². The van der Waals surface area contributed by atoms with Crippen LogP contribution in [0.4, 0.5) is 17.1 Å². The first-order valence-corrected chi connectivity index (χ1v) is 7.15. The Morgan fingerprint density at radius 3 is 2.23 bits per heavy atom. The molecule has 3 aromatic carbocycles. The fourth-order valence-corrected chi connectivity index (χ4v) is 2.37. The van der Waals surface area contributed by atoms with Gasteiger partial charge < -0.3 is 16.2 Å². The van der Waals surface area contributed by atoms with Crippen LogP contribution in [-0.2, 0) is 0 Å². The van der Waals surface area contributed by atoms with E-state index < -0.39 is 0 Å². The number of phenolic OH excluding ortho intramolecular Hbond substituents is 1. The topological polar surface area (TPSA) is 58.3 Å². The standard InChI is InChI=1S/C19H18N2O/c1-13-6-8-14(9-7-13)21-15-10-11-18(20)17(12-15)16-4-2-3-5-19(16)22/h2-12,21-22H,20H2,1H3. The summed E-state index contributed by atoms with van der Waals surface area (Å²) in [5.41, 5.74) is 11.4. The highest BCUT2D eigenvalue weighted by Crippen LogP contribution is 2.35. The quantitative estimate of drug-likeness (QED) is 0.613. The van der Waals surface area contributed by atoms with E-state index in [1.165, 1.54) is 5.56 Å². The molecule has 3 aromatic rings. The number of nitrogen functional groups attached to an aromatic ring is 1. The molecule has 4 N–H and O–H groups in total. The minimum atomic E-state index is 0.224. The summed E-state index contributed by atoms with van der Waals surface area (Å²) in [6, 6.07) is 21.1. The summed E-state index contributed by atoms with van der Waals surface area (Å²) >= 11 is 0. The molecule has 0 heterocycles. The highest BCUT2D eigenvalue weighted by Gasteiger charge is 2.08. The van der Waals surface area contributed by atoms with Crippen molar-refractivity contribution in [1.29, 1.82) is 0 Å². The first-order chi connectivity index (χ1) is 10.6. The van der Waals surface area contributed by atoms with Crippen LogP contribution < -0.4 is 11.1 Å². The highest BCUT2D eigenvalue weighted by atomic mass is 16.3. The number of aryl methyl sites for hydroxylation is 1. The van der Waals surface area contributed by atoms with E-state index in [-0.39, 0.29) is 5.75 Å². The van der Waals surface area contributed by atoms with E-state index in [0.717, 1.165) is 22.5 Å². The third-order valence-electron chi connectivity index (χ3n) is 3.59. The second-order valence-corrected chi connectivity index (χ2v) is 5.31. The largest absolute Gasteiger partial charge is 0.507 e. The van der Waals surface area contributed by atoms with Crippen molar-refractivity contribution in [3.63, 3.8) is 0 Å². The van der Waals surface area contributed by atoms with Crippen LogP contribution in [0.5, 0.6) is 5.75 Å². The maximum atomic E-state index is 10.0. The van der Waals surface area contributed by atoms with Crippen LogP contribution in [0.1, 0.15) is 5.56 Å². The SMILES string of the molecule is Cc1ccc(Nc2ccc(N)c(-c3ccccc3O)c2)cc1. The molecule has 0 radical (unpaired) electrons. The summed E-state index contributed by atoms with van der Waals surface area (Å²) in [6.07, 6.45) is 0. The first-order valence-electron chi connectivity index (χ1n) is 7.15. The van der Waals surface area contributed by atoms with Crippen LogP contribution in [0.15, 0.2) is 66.7 Å². The Morgan fingerprint density at radius 1 is 0.818 bits per heavy atom. The Labute approximate surface area is 130 Å². The minimum absolute atomic E-state index is 0.224. The van der Waals surface area contributed by atoms with Crippen molar-refractivity contribution in [2.45, 2.75) is 6.92 Å². The monoisotopic (exact) mass is 290 g/mol. The van der Waals surface area contributed by atoms with Crippen molar-refractivity contribution in [1.82, 2.24) is 0 Å². The number of phenols is 1. The number of rotatable bonds is 3. The van der Waals surface area contributed by atoms with Crippen LogP contribution >= 0.6 is 0 Å². The molecule has 0 aliphatic rings. The van der Waals surface area contributed by atoms with E-state index in [1.54, 1.807) is 12.1 Å². The molecule has 0 bridgehead atoms. The zero-order chi connectivity index (χ0) is 15.5. The molecule has 3 nitrogen and oxygen atoms in total. The Kier molecular flexibility index (Phi) is 3.71. The van der Waals surface area contributed by atoms with Crippen LogP contribution in [0, 0.1) is 6.92 Å². The molecule has 0 aromatic heterocycles. The molecule has 0 amide bonds. The summed E-state index contributed by atoms with van der Waals surface area (Å²) < 4.78 is 0. The predicted molar refractivity (Wildman–Crippen MR) is 92.4 cm³/mol. The van der Waals surface area contributed by atoms with Gasteiger partial charge in [0.05, 0.1) is 0 Å². The van der Waals surface area contributed by atoms with Crippen molar-refractivity contribution in [3.8, 4) is 16.9 Å². The predicted octanol–water partition coefficient (Wildman–Crippen LogP) is 4.69. The summed E-state index contributed by atoms with van der Waals surface area (Å²) in [4.78, 5) is 0. The number of aromatic hydroxyl groups is 1. The van der Waals surface area contributed by atoms with Gasteiger partial charge in [-0.2, -0.15) is 0 Å². The molecule has 0 saturated carbocycles. The molecular weight excluding hydrogens is 272 g/mol. The third kappa shape index (κ3) is 2.88. The molecule has 0 atom stereocenters. The fraction of sp³-hybridized carbons (Fsp3) is 0.0526. The van der Waals surface area contributed by atoms with Crippen LogP contribution in [0.2, 0.25) is 0 Å². The van der Waals surface area contributed by atoms with Crippen LogP contribution in [0.25, 0.3) is 11.1 Å². The third-order valence-corrected chi connectivity index (χ3v) is 3.59. The van der Waals surface area contributed by atoms with Gasteiger partial charge in [-0.3, -0.25) is 0 Å². The van der Waals surface area contributed by atoms with Crippen LogP contribution in [-0.4, -0.2) is 5.11 Å². The molecule has 0 aliphatic heterocycles.